The van der Waals surface area contributed by atoms with Crippen molar-refractivity contribution < 1.29 is 5.11 Å². The molecule has 5 heteroatoms. The number of aromatic nitrogens is 2. The average molecular weight is 322 g/mol. The molecule has 0 amide bonds. The fourth-order valence-corrected chi connectivity index (χ4v) is 2.63. The summed E-state index contributed by atoms with van der Waals surface area (Å²) in [5.74, 6) is 0. The minimum atomic E-state index is -0.508. The van der Waals surface area contributed by atoms with E-state index in [-0.39, 0.29) is 5.54 Å². The summed E-state index contributed by atoms with van der Waals surface area (Å²) >= 11 is 5.93. The Bertz CT molecular complexity index is 592. The third-order valence-corrected chi connectivity index (χ3v) is 4.22. The summed E-state index contributed by atoms with van der Waals surface area (Å²) in [4.78, 5) is 7.15. The molecule has 3 N–H and O–H groups in total. The Hall–Kier alpha value is -1.36. The number of imidazole rings is 1. The van der Waals surface area contributed by atoms with Crippen molar-refractivity contribution in [3.63, 3.8) is 0 Å². The number of aliphatic hydroxyl groups excluding tert-OH is 1. The van der Waals surface area contributed by atoms with E-state index in [2.05, 4.69) is 29.1 Å². The van der Waals surface area contributed by atoms with E-state index in [0.29, 0.717) is 6.42 Å². The molecule has 1 heterocycles. The molecule has 0 aliphatic rings. The lowest BCUT2D eigenvalue weighted by Crippen LogP contribution is -2.37. The highest BCUT2D eigenvalue weighted by molar-refractivity contribution is 6.30. The first-order valence-electron chi connectivity index (χ1n) is 7.59. The van der Waals surface area contributed by atoms with Crippen LogP contribution in [0.2, 0.25) is 5.02 Å². The molecule has 0 fully saturated rings. The van der Waals surface area contributed by atoms with Crippen LogP contribution < -0.4 is 5.32 Å². The zero-order valence-corrected chi connectivity index (χ0v) is 14.1. The maximum atomic E-state index is 10.1. The largest absolute Gasteiger partial charge is 0.387 e. The van der Waals surface area contributed by atoms with E-state index in [1.54, 1.807) is 6.33 Å². The van der Waals surface area contributed by atoms with Crippen LogP contribution in [0.1, 0.15) is 49.7 Å². The van der Waals surface area contributed by atoms with Gasteiger partial charge < -0.3 is 15.4 Å². The first-order valence-corrected chi connectivity index (χ1v) is 7.97. The summed E-state index contributed by atoms with van der Waals surface area (Å²) in [6.07, 6.45) is 2.68. The topological polar surface area (TPSA) is 60.9 Å². The number of hydrogen-bond acceptors (Lipinski definition) is 3. The summed E-state index contributed by atoms with van der Waals surface area (Å²) in [5, 5.41) is 14.4. The normalized spacial score (nSPS) is 13.3. The molecule has 2 rings (SSSR count). The minimum Gasteiger partial charge on any atom is -0.387 e. The lowest BCUT2D eigenvalue weighted by molar-refractivity contribution is 0.158. The number of H-pyrrole nitrogens is 1. The zero-order chi connectivity index (χ0) is 16.2. The predicted molar refractivity (Wildman–Crippen MR) is 90.0 cm³/mol. The van der Waals surface area contributed by atoms with Crippen LogP contribution in [0, 0.1) is 6.92 Å². The standard InChI is InChI=1S/C17H24ClN3O/c1-12-16(20-11-19-12)15(22)5-4-10-21-17(2,3)13-6-8-14(18)9-7-13/h6-9,11,15,21-22H,4-5,10H2,1-3H3,(H,19,20). The van der Waals surface area contributed by atoms with Gasteiger partial charge in [-0.05, 0) is 57.9 Å². The smallest absolute Gasteiger partial charge is 0.0978 e. The summed E-state index contributed by atoms with van der Waals surface area (Å²) in [6.45, 7) is 7.04. The Kier molecular flexibility index (Phi) is 5.62. The van der Waals surface area contributed by atoms with Crippen molar-refractivity contribution in [3.8, 4) is 0 Å². The van der Waals surface area contributed by atoms with E-state index >= 15 is 0 Å². The van der Waals surface area contributed by atoms with Crippen molar-refractivity contribution in [2.75, 3.05) is 6.54 Å². The molecule has 0 aliphatic carbocycles. The quantitative estimate of drug-likeness (QED) is 0.681. The van der Waals surface area contributed by atoms with Crippen molar-refractivity contribution in [2.24, 2.45) is 0 Å². The second-order valence-corrected chi connectivity index (χ2v) is 6.57. The van der Waals surface area contributed by atoms with Gasteiger partial charge in [0, 0.05) is 16.3 Å². The molecule has 0 saturated carbocycles. The van der Waals surface area contributed by atoms with Crippen LogP contribution in [-0.4, -0.2) is 21.6 Å². The maximum Gasteiger partial charge on any atom is 0.0978 e. The Morgan fingerprint density at radius 1 is 1.32 bits per heavy atom. The summed E-state index contributed by atoms with van der Waals surface area (Å²) < 4.78 is 0. The molecule has 1 aromatic carbocycles. The molecule has 22 heavy (non-hydrogen) atoms. The molecule has 1 aromatic heterocycles. The van der Waals surface area contributed by atoms with Crippen molar-refractivity contribution >= 4 is 11.6 Å². The first kappa shape index (κ1) is 17.0. The van der Waals surface area contributed by atoms with E-state index in [4.69, 9.17) is 11.6 Å². The van der Waals surface area contributed by atoms with E-state index in [0.717, 1.165) is 29.4 Å². The number of hydrogen-bond donors (Lipinski definition) is 3. The maximum absolute atomic E-state index is 10.1. The average Bonchev–Trinajstić information content (AvgIpc) is 2.90. The number of nitrogens with zero attached hydrogens (tertiary/aromatic N) is 1. The summed E-state index contributed by atoms with van der Waals surface area (Å²) in [5.41, 5.74) is 2.75. The van der Waals surface area contributed by atoms with Crippen molar-refractivity contribution in [1.82, 2.24) is 15.3 Å². The van der Waals surface area contributed by atoms with E-state index in [1.807, 2.05) is 31.2 Å². The molecule has 4 nitrogen and oxygen atoms in total. The van der Waals surface area contributed by atoms with Gasteiger partial charge >= 0.3 is 0 Å². The highest BCUT2D eigenvalue weighted by atomic mass is 35.5. The summed E-state index contributed by atoms with van der Waals surface area (Å²) in [7, 11) is 0. The molecule has 0 saturated heterocycles. The number of benzene rings is 1. The number of aromatic amines is 1. The second kappa shape index (κ2) is 7.27. The fraction of sp³-hybridized carbons (Fsp3) is 0.471. The third kappa shape index (κ3) is 4.32. The minimum absolute atomic E-state index is 0.127. The lowest BCUT2D eigenvalue weighted by Gasteiger charge is -2.27. The predicted octanol–water partition coefficient (Wildman–Crippen LogP) is 3.71. The van der Waals surface area contributed by atoms with Gasteiger partial charge in [0.1, 0.15) is 0 Å². The number of rotatable bonds is 7. The molecule has 0 bridgehead atoms. The molecule has 120 valence electrons. The number of halogens is 1. The molecule has 0 spiro atoms. The van der Waals surface area contributed by atoms with Crippen LogP contribution in [0.5, 0.6) is 0 Å². The van der Waals surface area contributed by atoms with Crippen LogP contribution in [-0.2, 0) is 5.54 Å². The Balaban J connectivity index is 1.80. The first-order chi connectivity index (χ1) is 10.4. The SMILES string of the molecule is Cc1[nH]cnc1C(O)CCCNC(C)(C)c1ccc(Cl)cc1. The monoisotopic (exact) mass is 321 g/mol. The van der Waals surface area contributed by atoms with Crippen LogP contribution in [0.25, 0.3) is 0 Å². The van der Waals surface area contributed by atoms with Gasteiger partial charge in [-0.2, -0.15) is 0 Å². The molecule has 2 aromatic rings. The van der Waals surface area contributed by atoms with Gasteiger partial charge in [0.05, 0.1) is 18.1 Å². The molecule has 1 unspecified atom stereocenters. The van der Waals surface area contributed by atoms with Gasteiger partial charge in [-0.25, -0.2) is 4.98 Å². The lowest BCUT2D eigenvalue weighted by atomic mass is 9.94. The number of aryl methyl sites for hydroxylation is 1. The van der Waals surface area contributed by atoms with Crippen molar-refractivity contribution in [3.05, 3.63) is 52.6 Å². The Morgan fingerprint density at radius 2 is 2.00 bits per heavy atom. The Morgan fingerprint density at radius 3 is 2.59 bits per heavy atom. The molecular formula is C17H24ClN3O. The fourth-order valence-electron chi connectivity index (χ4n) is 2.51. The summed E-state index contributed by atoms with van der Waals surface area (Å²) in [6, 6.07) is 7.89. The van der Waals surface area contributed by atoms with Gasteiger partial charge in [-0.1, -0.05) is 23.7 Å². The van der Waals surface area contributed by atoms with E-state index < -0.39 is 6.10 Å². The third-order valence-electron chi connectivity index (χ3n) is 3.97. The van der Waals surface area contributed by atoms with E-state index in [1.165, 1.54) is 5.56 Å². The highest BCUT2D eigenvalue weighted by Gasteiger charge is 2.19. The van der Waals surface area contributed by atoms with Crippen LogP contribution in [0.15, 0.2) is 30.6 Å². The molecule has 1 atom stereocenters. The number of aliphatic hydroxyl groups is 1. The second-order valence-electron chi connectivity index (χ2n) is 6.13. The van der Waals surface area contributed by atoms with Crippen LogP contribution in [0.3, 0.4) is 0 Å². The van der Waals surface area contributed by atoms with Crippen molar-refractivity contribution in [1.29, 1.82) is 0 Å². The van der Waals surface area contributed by atoms with Gasteiger partial charge in [0.2, 0.25) is 0 Å². The number of nitrogens with one attached hydrogen (secondary N) is 2. The Labute approximate surface area is 136 Å². The molecular weight excluding hydrogens is 298 g/mol. The van der Waals surface area contributed by atoms with Crippen molar-refractivity contribution in [2.45, 2.75) is 45.3 Å². The van der Waals surface area contributed by atoms with Gasteiger partial charge in [0.15, 0.2) is 0 Å². The highest BCUT2D eigenvalue weighted by Crippen LogP contribution is 2.23. The van der Waals surface area contributed by atoms with E-state index in [9.17, 15) is 5.11 Å². The zero-order valence-electron chi connectivity index (χ0n) is 13.4. The molecule has 0 aliphatic heterocycles. The van der Waals surface area contributed by atoms with Gasteiger partial charge in [0.25, 0.3) is 0 Å². The van der Waals surface area contributed by atoms with Gasteiger partial charge in [-0.15, -0.1) is 0 Å². The van der Waals surface area contributed by atoms with Crippen LogP contribution >= 0.6 is 11.6 Å². The van der Waals surface area contributed by atoms with Gasteiger partial charge in [-0.3, -0.25) is 0 Å². The molecule has 0 radical (unpaired) electrons. The van der Waals surface area contributed by atoms with Crippen LogP contribution in [0.4, 0.5) is 0 Å².